The van der Waals surface area contributed by atoms with Crippen LogP contribution in [0.4, 0.5) is 0 Å². The molecule has 3 atom stereocenters. The van der Waals surface area contributed by atoms with Gasteiger partial charge in [-0.05, 0) is 38.8 Å². The predicted octanol–water partition coefficient (Wildman–Crippen LogP) is 2.74. The number of rotatable bonds is 5. The van der Waals surface area contributed by atoms with E-state index in [0.29, 0.717) is 12.0 Å². The second-order valence-electron chi connectivity index (χ2n) is 6.00. The summed E-state index contributed by atoms with van der Waals surface area (Å²) in [7, 11) is 4.39. The lowest BCUT2D eigenvalue weighted by atomic mass is 9.86. The van der Waals surface area contributed by atoms with Gasteiger partial charge in [-0.15, -0.1) is 0 Å². The summed E-state index contributed by atoms with van der Waals surface area (Å²) in [5, 5.41) is 3.44. The normalized spacial score (nSPS) is 28.7. The van der Waals surface area contributed by atoms with Gasteiger partial charge in [0.1, 0.15) is 0 Å². The fourth-order valence-electron chi connectivity index (χ4n) is 2.90. The lowest BCUT2D eigenvalue weighted by Gasteiger charge is -2.36. The number of likely N-dealkylation sites (N-methyl/N-ethyl adjacent to an activating group) is 2. The van der Waals surface area contributed by atoms with Crippen LogP contribution in [-0.4, -0.2) is 37.6 Å². The monoisotopic (exact) mass is 226 g/mol. The quantitative estimate of drug-likeness (QED) is 0.775. The molecule has 1 aliphatic rings. The highest BCUT2D eigenvalue weighted by atomic mass is 15.2. The Morgan fingerprint density at radius 2 is 2.00 bits per heavy atom. The van der Waals surface area contributed by atoms with E-state index in [1.54, 1.807) is 0 Å². The van der Waals surface area contributed by atoms with Crippen molar-refractivity contribution in [3.05, 3.63) is 0 Å². The maximum Gasteiger partial charge on any atom is 0.0214 e. The van der Waals surface area contributed by atoms with Crippen LogP contribution in [0.2, 0.25) is 0 Å². The highest BCUT2D eigenvalue weighted by Crippen LogP contribution is 2.26. The summed E-state index contributed by atoms with van der Waals surface area (Å²) in [6.45, 7) is 8.19. The third kappa shape index (κ3) is 4.06. The predicted molar refractivity (Wildman–Crippen MR) is 71.7 cm³/mol. The summed E-state index contributed by atoms with van der Waals surface area (Å²) < 4.78 is 0. The number of hydrogen-bond donors (Lipinski definition) is 1. The third-order valence-electron chi connectivity index (χ3n) is 4.19. The standard InChI is InChI=1S/C14H30N2/c1-11(2)14(15-4)10-16(5)13-8-6-7-12(3)9-13/h11-15H,6-10H2,1-5H3. The number of nitrogens with zero attached hydrogens (tertiary/aromatic N) is 1. The Kier molecular flexibility index (Phi) is 5.77. The number of nitrogens with one attached hydrogen (secondary N) is 1. The summed E-state index contributed by atoms with van der Waals surface area (Å²) >= 11 is 0. The van der Waals surface area contributed by atoms with E-state index >= 15 is 0 Å². The zero-order valence-electron chi connectivity index (χ0n) is 11.8. The zero-order chi connectivity index (χ0) is 12.1. The Morgan fingerprint density at radius 1 is 1.31 bits per heavy atom. The Bertz CT molecular complexity index is 191. The second-order valence-corrected chi connectivity index (χ2v) is 6.00. The van der Waals surface area contributed by atoms with Gasteiger partial charge in [0.05, 0.1) is 0 Å². The van der Waals surface area contributed by atoms with E-state index in [1.807, 2.05) is 0 Å². The lowest BCUT2D eigenvalue weighted by molar-refractivity contribution is 0.143. The highest BCUT2D eigenvalue weighted by molar-refractivity contribution is 4.81. The van der Waals surface area contributed by atoms with Crippen molar-refractivity contribution in [2.75, 3.05) is 20.6 Å². The van der Waals surface area contributed by atoms with Crippen LogP contribution in [0.3, 0.4) is 0 Å². The molecule has 1 saturated carbocycles. The van der Waals surface area contributed by atoms with E-state index in [1.165, 1.54) is 32.2 Å². The first kappa shape index (κ1) is 14.0. The van der Waals surface area contributed by atoms with Crippen LogP contribution in [0.5, 0.6) is 0 Å². The summed E-state index contributed by atoms with van der Waals surface area (Å²) in [6, 6.07) is 1.44. The molecule has 2 heteroatoms. The van der Waals surface area contributed by atoms with Crippen LogP contribution < -0.4 is 5.32 Å². The Morgan fingerprint density at radius 3 is 2.50 bits per heavy atom. The molecule has 0 radical (unpaired) electrons. The van der Waals surface area contributed by atoms with E-state index < -0.39 is 0 Å². The van der Waals surface area contributed by atoms with Crippen LogP contribution >= 0.6 is 0 Å². The van der Waals surface area contributed by atoms with Gasteiger partial charge in [0.2, 0.25) is 0 Å². The smallest absolute Gasteiger partial charge is 0.0214 e. The summed E-state index contributed by atoms with van der Waals surface area (Å²) in [5.41, 5.74) is 0. The minimum atomic E-state index is 0.627. The molecule has 0 amide bonds. The van der Waals surface area contributed by atoms with Crippen LogP contribution in [0.15, 0.2) is 0 Å². The molecule has 96 valence electrons. The largest absolute Gasteiger partial charge is 0.315 e. The van der Waals surface area contributed by atoms with Crippen molar-refractivity contribution in [1.29, 1.82) is 0 Å². The van der Waals surface area contributed by atoms with Crippen LogP contribution in [0.1, 0.15) is 46.5 Å². The van der Waals surface area contributed by atoms with Crippen LogP contribution in [-0.2, 0) is 0 Å². The van der Waals surface area contributed by atoms with Gasteiger partial charge in [-0.25, -0.2) is 0 Å². The third-order valence-corrected chi connectivity index (χ3v) is 4.19. The molecule has 0 saturated heterocycles. The molecule has 1 aliphatic carbocycles. The van der Waals surface area contributed by atoms with Crippen molar-refractivity contribution in [1.82, 2.24) is 10.2 Å². The van der Waals surface area contributed by atoms with Crippen molar-refractivity contribution in [3.8, 4) is 0 Å². The molecule has 16 heavy (non-hydrogen) atoms. The van der Waals surface area contributed by atoms with Crippen molar-refractivity contribution in [2.45, 2.75) is 58.5 Å². The van der Waals surface area contributed by atoms with E-state index in [9.17, 15) is 0 Å². The molecule has 0 aliphatic heterocycles. The first-order valence-corrected chi connectivity index (χ1v) is 6.92. The minimum Gasteiger partial charge on any atom is -0.315 e. The van der Waals surface area contributed by atoms with Crippen molar-refractivity contribution in [2.24, 2.45) is 11.8 Å². The molecule has 3 unspecified atom stereocenters. The maximum absolute atomic E-state index is 3.44. The van der Waals surface area contributed by atoms with Crippen molar-refractivity contribution >= 4 is 0 Å². The van der Waals surface area contributed by atoms with Gasteiger partial charge in [-0.1, -0.05) is 33.6 Å². The zero-order valence-corrected chi connectivity index (χ0v) is 11.8. The van der Waals surface area contributed by atoms with E-state index in [0.717, 1.165) is 12.0 Å². The molecule has 1 N–H and O–H groups in total. The SMILES string of the molecule is CNC(CN(C)C1CCCC(C)C1)C(C)C. The molecule has 0 aromatic heterocycles. The van der Waals surface area contributed by atoms with Crippen LogP contribution in [0.25, 0.3) is 0 Å². The van der Waals surface area contributed by atoms with Gasteiger partial charge in [0, 0.05) is 18.6 Å². The minimum absolute atomic E-state index is 0.627. The van der Waals surface area contributed by atoms with Crippen molar-refractivity contribution in [3.63, 3.8) is 0 Å². The Hall–Kier alpha value is -0.0800. The van der Waals surface area contributed by atoms with E-state index in [2.05, 4.69) is 45.1 Å². The topological polar surface area (TPSA) is 15.3 Å². The first-order chi connectivity index (χ1) is 7.54. The summed E-state index contributed by atoms with van der Waals surface area (Å²) in [5.74, 6) is 1.64. The highest BCUT2D eigenvalue weighted by Gasteiger charge is 2.24. The van der Waals surface area contributed by atoms with Crippen molar-refractivity contribution < 1.29 is 0 Å². The molecule has 0 bridgehead atoms. The molecule has 0 spiro atoms. The average molecular weight is 226 g/mol. The maximum atomic E-state index is 3.44. The second kappa shape index (κ2) is 6.61. The van der Waals surface area contributed by atoms with E-state index in [4.69, 9.17) is 0 Å². The molecular formula is C14H30N2. The number of hydrogen-bond acceptors (Lipinski definition) is 2. The van der Waals surface area contributed by atoms with Gasteiger partial charge >= 0.3 is 0 Å². The summed E-state index contributed by atoms with van der Waals surface area (Å²) in [6.07, 6.45) is 5.65. The Balaban J connectivity index is 2.40. The fourth-order valence-corrected chi connectivity index (χ4v) is 2.90. The van der Waals surface area contributed by atoms with Gasteiger partial charge in [0.15, 0.2) is 0 Å². The van der Waals surface area contributed by atoms with Gasteiger partial charge in [-0.3, -0.25) is 0 Å². The average Bonchev–Trinajstić information content (AvgIpc) is 2.25. The van der Waals surface area contributed by atoms with Gasteiger partial charge in [-0.2, -0.15) is 0 Å². The molecule has 0 heterocycles. The Labute approximate surface area is 102 Å². The summed E-state index contributed by atoms with van der Waals surface area (Å²) in [4.78, 5) is 2.58. The molecule has 1 rings (SSSR count). The van der Waals surface area contributed by atoms with Crippen LogP contribution in [0, 0.1) is 11.8 Å². The van der Waals surface area contributed by atoms with Gasteiger partial charge in [0.25, 0.3) is 0 Å². The lowest BCUT2D eigenvalue weighted by Crippen LogP contribution is -2.46. The van der Waals surface area contributed by atoms with Gasteiger partial charge < -0.3 is 10.2 Å². The molecule has 1 fully saturated rings. The fraction of sp³-hybridized carbons (Fsp3) is 1.00. The molecule has 0 aromatic rings. The molecular weight excluding hydrogens is 196 g/mol. The first-order valence-electron chi connectivity index (χ1n) is 6.92. The molecule has 0 aromatic carbocycles. The van der Waals surface area contributed by atoms with E-state index in [-0.39, 0.29) is 0 Å². The molecule has 2 nitrogen and oxygen atoms in total.